The number of aromatic amines is 2. The number of benzene rings is 1. The zero-order chi connectivity index (χ0) is 14.0. The minimum atomic E-state index is -0.752. The highest BCUT2D eigenvalue weighted by Crippen LogP contribution is 2.18. The molecule has 0 spiro atoms. The van der Waals surface area contributed by atoms with Gasteiger partial charge >= 0.3 is 0 Å². The second kappa shape index (κ2) is 5.11. The van der Waals surface area contributed by atoms with Crippen LogP contribution in [0, 0.1) is 16.4 Å². The van der Waals surface area contributed by atoms with Gasteiger partial charge in [-0.1, -0.05) is 0 Å². The fraction of sp³-hybridized carbons (Fsp3) is 0. The van der Waals surface area contributed by atoms with Crippen LogP contribution in [0.4, 0.5) is 14.5 Å². The van der Waals surface area contributed by atoms with Crippen molar-refractivity contribution < 1.29 is 13.9 Å². The third kappa shape index (κ3) is 2.91. The molecule has 98 valence electrons. The van der Waals surface area contributed by atoms with Gasteiger partial charge in [-0.25, -0.2) is 8.78 Å². The number of H-pyrrole nitrogens is 2. The Morgan fingerprint density at radius 2 is 2.05 bits per heavy atom. The summed E-state index contributed by atoms with van der Waals surface area (Å²) in [6, 6.07) is 2.71. The molecule has 8 heteroatoms. The van der Waals surface area contributed by atoms with E-state index in [0.717, 1.165) is 24.4 Å². The van der Waals surface area contributed by atoms with E-state index in [0.29, 0.717) is 0 Å². The molecule has 0 atom stereocenters. The molecule has 2 aromatic rings. The molecule has 0 radical (unpaired) electrons. The van der Waals surface area contributed by atoms with E-state index < -0.39 is 23.1 Å². The molecule has 0 fully saturated rings. The largest absolute Gasteiger partial charge is 0.494 e. The number of nitrogens with one attached hydrogen (secondary N) is 2. The average molecular weight is 283 g/mol. The third-order valence-corrected chi connectivity index (χ3v) is 2.40. The van der Waals surface area contributed by atoms with E-state index in [1.54, 1.807) is 0 Å². The Bertz CT molecular complexity index is 767. The van der Waals surface area contributed by atoms with Crippen LogP contribution in [0.1, 0.15) is 5.56 Å². The predicted octanol–water partition coefficient (Wildman–Crippen LogP) is 2.17. The third-order valence-electron chi connectivity index (χ3n) is 2.20. The molecular weight excluding hydrogens is 276 g/mol. The SMILES string of the molecule is O=c1[nH]c(=S)[nH]c(O)c1C=Nc1cc(F)ccc1F. The summed E-state index contributed by atoms with van der Waals surface area (Å²) in [6.07, 6.45) is 0.914. The zero-order valence-corrected chi connectivity index (χ0v) is 10.1. The van der Waals surface area contributed by atoms with E-state index in [1.807, 2.05) is 0 Å². The summed E-state index contributed by atoms with van der Waals surface area (Å²) in [4.78, 5) is 19.6. The number of aromatic nitrogens is 2. The van der Waals surface area contributed by atoms with Gasteiger partial charge in [-0.3, -0.25) is 14.8 Å². The van der Waals surface area contributed by atoms with Crippen molar-refractivity contribution in [2.75, 3.05) is 0 Å². The number of hydrogen-bond donors (Lipinski definition) is 3. The fourth-order valence-corrected chi connectivity index (χ4v) is 1.51. The molecule has 0 saturated carbocycles. The van der Waals surface area contributed by atoms with Crippen LogP contribution in [-0.2, 0) is 0 Å². The van der Waals surface area contributed by atoms with E-state index in [9.17, 15) is 18.7 Å². The van der Waals surface area contributed by atoms with Crippen molar-refractivity contribution >= 4 is 24.1 Å². The smallest absolute Gasteiger partial charge is 0.264 e. The minimum Gasteiger partial charge on any atom is -0.494 e. The van der Waals surface area contributed by atoms with Crippen LogP contribution in [0.15, 0.2) is 28.0 Å². The number of aliphatic imine (C=N–C) groups is 1. The summed E-state index contributed by atoms with van der Waals surface area (Å²) in [6.45, 7) is 0. The van der Waals surface area contributed by atoms with Gasteiger partial charge in [-0.2, -0.15) is 0 Å². The molecule has 1 aromatic carbocycles. The van der Waals surface area contributed by atoms with Crippen LogP contribution in [0.2, 0.25) is 0 Å². The maximum atomic E-state index is 13.3. The molecule has 5 nitrogen and oxygen atoms in total. The predicted molar refractivity (Wildman–Crippen MR) is 67.5 cm³/mol. The van der Waals surface area contributed by atoms with Crippen LogP contribution in [0.25, 0.3) is 0 Å². The molecule has 0 aliphatic carbocycles. The highest BCUT2D eigenvalue weighted by Gasteiger charge is 2.06. The topological polar surface area (TPSA) is 81.2 Å². The fourth-order valence-electron chi connectivity index (χ4n) is 1.32. The summed E-state index contributed by atoms with van der Waals surface area (Å²) in [5.41, 5.74) is -1.22. The second-order valence-electron chi connectivity index (χ2n) is 3.52. The van der Waals surface area contributed by atoms with Crippen LogP contribution < -0.4 is 5.56 Å². The maximum Gasteiger partial charge on any atom is 0.264 e. The Morgan fingerprint density at radius 3 is 2.74 bits per heavy atom. The maximum absolute atomic E-state index is 13.3. The van der Waals surface area contributed by atoms with Gasteiger partial charge < -0.3 is 10.1 Å². The van der Waals surface area contributed by atoms with Crippen molar-refractivity contribution in [1.29, 1.82) is 0 Å². The lowest BCUT2D eigenvalue weighted by atomic mass is 10.3. The quantitative estimate of drug-likeness (QED) is 0.583. The molecule has 0 unspecified atom stereocenters. The molecule has 0 amide bonds. The van der Waals surface area contributed by atoms with E-state index in [1.165, 1.54) is 0 Å². The Kier molecular flexibility index (Phi) is 3.52. The summed E-state index contributed by atoms with van der Waals surface area (Å²) >= 11 is 4.64. The first-order valence-corrected chi connectivity index (χ1v) is 5.43. The number of halogens is 2. The number of hydrogen-bond acceptors (Lipinski definition) is 4. The van der Waals surface area contributed by atoms with Crippen molar-refractivity contribution in [3.05, 3.63) is 50.5 Å². The van der Waals surface area contributed by atoms with Crippen LogP contribution in [-0.4, -0.2) is 21.3 Å². The lowest BCUT2D eigenvalue weighted by Crippen LogP contribution is -2.13. The Hall–Kier alpha value is -2.35. The highest BCUT2D eigenvalue weighted by atomic mass is 32.1. The van der Waals surface area contributed by atoms with Crippen LogP contribution in [0.5, 0.6) is 5.88 Å². The van der Waals surface area contributed by atoms with Gasteiger partial charge in [0.25, 0.3) is 5.56 Å². The van der Waals surface area contributed by atoms with E-state index >= 15 is 0 Å². The first-order chi connectivity index (χ1) is 8.97. The summed E-state index contributed by atoms with van der Waals surface area (Å²) in [7, 11) is 0. The van der Waals surface area contributed by atoms with Gasteiger partial charge in [0.15, 0.2) is 4.77 Å². The van der Waals surface area contributed by atoms with Crippen LogP contribution in [0.3, 0.4) is 0 Å². The van der Waals surface area contributed by atoms with E-state index in [4.69, 9.17) is 0 Å². The monoisotopic (exact) mass is 283 g/mol. The second-order valence-corrected chi connectivity index (χ2v) is 3.93. The Labute approximate surface area is 110 Å². The summed E-state index contributed by atoms with van der Waals surface area (Å²) < 4.78 is 26.1. The normalized spacial score (nSPS) is 11.1. The molecule has 0 aliphatic rings. The zero-order valence-electron chi connectivity index (χ0n) is 9.28. The van der Waals surface area contributed by atoms with Gasteiger partial charge in [0.2, 0.25) is 5.88 Å². The molecule has 1 heterocycles. The molecule has 19 heavy (non-hydrogen) atoms. The van der Waals surface area contributed by atoms with Gasteiger partial charge in [0.05, 0.1) is 0 Å². The summed E-state index contributed by atoms with van der Waals surface area (Å²) in [5, 5.41) is 9.47. The van der Waals surface area contributed by atoms with Gasteiger partial charge in [0, 0.05) is 12.3 Å². The Balaban J connectivity index is 2.46. The number of aromatic hydroxyl groups is 1. The van der Waals surface area contributed by atoms with Crippen molar-refractivity contribution in [2.45, 2.75) is 0 Å². The lowest BCUT2D eigenvalue weighted by molar-refractivity contribution is 0.449. The van der Waals surface area contributed by atoms with E-state index in [2.05, 4.69) is 27.2 Å². The van der Waals surface area contributed by atoms with Crippen molar-refractivity contribution in [2.24, 2.45) is 4.99 Å². The molecular formula is C11H7F2N3O2S. The van der Waals surface area contributed by atoms with Crippen LogP contribution >= 0.6 is 12.2 Å². The molecule has 0 bridgehead atoms. The van der Waals surface area contributed by atoms with Gasteiger partial charge in [-0.15, -0.1) is 0 Å². The van der Waals surface area contributed by atoms with E-state index in [-0.39, 0.29) is 16.0 Å². The van der Waals surface area contributed by atoms with Crippen molar-refractivity contribution in [3.63, 3.8) is 0 Å². The first-order valence-electron chi connectivity index (χ1n) is 5.02. The molecule has 2 rings (SSSR count). The van der Waals surface area contributed by atoms with Crippen molar-refractivity contribution in [3.8, 4) is 5.88 Å². The van der Waals surface area contributed by atoms with Gasteiger partial charge in [0.1, 0.15) is 22.9 Å². The molecule has 0 aliphatic heterocycles. The van der Waals surface area contributed by atoms with Crippen molar-refractivity contribution in [1.82, 2.24) is 9.97 Å². The first kappa shape index (κ1) is 13.1. The lowest BCUT2D eigenvalue weighted by Gasteiger charge is -1.98. The number of rotatable bonds is 2. The standard InChI is InChI=1S/C11H7F2N3O2S/c12-5-1-2-7(13)8(3-5)14-4-6-9(17)15-11(19)16-10(6)18/h1-4H,(H3,15,16,17,18,19). The summed E-state index contributed by atoms with van der Waals surface area (Å²) in [5.74, 6) is -1.93. The molecule has 1 aromatic heterocycles. The molecule has 0 saturated heterocycles. The molecule has 3 N–H and O–H groups in total. The average Bonchev–Trinajstić information content (AvgIpc) is 2.32. The number of nitrogens with zero attached hydrogens (tertiary/aromatic N) is 1. The minimum absolute atomic E-state index is 0.0587. The Morgan fingerprint density at radius 1 is 1.32 bits per heavy atom. The van der Waals surface area contributed by atoms with Gasteiger partial charge in [-0.05, 0) is 24.4 Å². The highest BCUT2D eigenvalue weighted by molar-refractivity contribution is 7.71.